The van der Waals surface area contributed by atoms with E-state index in [1.54, 1.807) is 0 Å². The average Bonchev–Trinajstić information content (AvgIpc) is 1.80. The molecule has 0 bridgehead atoms. The summed E-state index contributed by atoms with van der Waals surface area (Å²) in [6, 6.07) is -0.289. The van der Waals surface area contributed by atoms with E-state index in [9.17, 15) is 4.79 Å². The van der Waals surface area contributed by atoms with Crippen LogP contribution in [0.3, 0.4) is 0 Å². The SMILES string of the molecule is NC1CCC(=O)N[C@H]1O. The van der Waals surface area contributed by atoms with Crippen molar-refractivity contribution in [3.8, 4) is 0 Å². The summed E-state index contributed by atoms with van der Waals surface area (Å²) in [5, 5.41) is 11.2. The number of piperidine rings is 1. The van der Waals surface area contributed by atoms with E-state index in [-0.39, 0.29) is 11.9 Å². The maximum Gasteiger partial charge on any atom is 0.222 e. The minimum atomic E-state index is -0.841. The van der Waals surface area contributed by atoms with Crippen molar-refractivity contribution in [1.29, 1.82) is 0 Å². The van der Waals surface area contributed by atoms with Crippen LogP contribution in [0.2, 0.25) is 0 Å². The third-order valence-corrected chi connectivity index (χ3v) is 1.42. The highest BCUT2D eigenvalue weighted by Crippen LogP contribution is 2.03. The largest absolute Gasteiger partial charge is 0.372 e. The number of carbonyl (C=O) groups excluding carboxylic acids is 1. The van der Waals surface area contributed by atoms with Crippen molar-refractivity contribution in [2.75, 3.05) is 0 Å². The number of carbonyl (C=O) groups is 1. The number of aliphatic hydroxyl groups excluding tert-OH is 1. The molecule has 1 aliphatic rings. The molecule has 1 saturated heterocycles. The third kappa shape index (κ3) is 1.40. The smallest absolute Gasteiger partial charge is 0.222 e. The van der Waals surface area contributed by atoms with Gasteiger partial charge in [-0.25, -0.2) is 0 Å². The Kier molecular flexibility index (Phi) is 1.68. The summed E-state index contributed by atoms with van der Waals surface area (Å²) >= 11 is 0. The van der Waals surface area contributed by atoms with Gasteiger partial charge in [0, 0.05) is 12.5 Å². The molecule has 4 heteroatoms. The number of aliphatic hydroxyl groups is 1. The molecule has 0 spiro atoms. The second-order valence-electron chi connectivity index (χ2n) is 2.21. The molecular weight excluding hydrogens is 120 g/mol. The fourth-order valence-electron chi connectivity index (χ4n) is 0.800. The summed E-state index contributed by atoms with van der Waals surface area (Å²) in [6.45, 7) is 0. The summed E-state index contributed by atoms with van der Waals surface area (Å²) < 4.78 is 0. The van der Waals surface area contributed by atoms with Crippen molar-refractivity contribution in [2.45, 2.75) is 25.1 Å². The van der Waals surface area contributed by atoms with Crippen LogP contribution in [0.25, 0.3) is 0 Å². The van der Waals surface area contributed by atoms with Crippen LogP contribution in [0.15, 0.2) is 0 Å². The number of rotatable bonds is 0. The van der Waals surface area contributed by atoms with Crippen LogP contribution in [0.1, 0.15) is 12.8 Å². The molecule has 1 rings (SSSR count). The van der Waals surface area contributed by atoms with Crippen LogP contribution in [-0.4, -0.2) is 23.3 Å². The first-order chi connectivity index (χ1) is 4.20. The Morgan fingerprint density at radius 2 is 2.44 bits per heavy atom. The van der Waals surface area contributed by atoms with Crippen LogP contribution < -0.4 is 11.1 Å². The van der Waals surface area contributed by atoms with Crippen LogP contribution >= 0.6 is 0 Å². The third-order valence-electron chi connectivity index (χ3n) is 1.42. The first kappa shape index (κ1) is 6.51. The van der Waals surface area contributed by atoms with Gasteiger partial charge in [-0.05, 0) is 6.42 Å². The topological polar surface area (TPSA) is 75.4 Å². The number of amides is 1. The molecule has 52 valence electrons. The maximum atomic E-state index is 10.5. The first-order valence-electron chi connectivity index (χ1n) is 2.93. The van der Waals surface area contributed by atoms with Crippen molar-refractivity contribution in [2.24, 2.45) is 5.73 Å². The van der Waals surface area contributed by atoms with Gasteiger partial charge in [0.05, 0.1) is 0 Å². The fourth-order valence-corrected chi connectivity index (χ4v) is 0.800. The Morgan fingerprint density at radius 3 is 2.89 bits per heavy atom. The van der Waals surface area contributed by atoms with E-state index < -0.39 is 6.23 Å². The van der Waals surface area contributed by atoms with E-state index in [1.807, 2.05) is 0 Å². The van der Waals surface area contributed by atoms with E-state index in [0.29, 0.717) is 12.8 Å². The van der Waals surface area contributed by atoms with Crippen LogP contribution in [0.5, 0.6) is 0 Å². The molecule has 0 aliphatic carbocycles. The molecule has 0 aromatic carbocycles. The molecule has 4 N–H and O–H groups in total. The van der Waals surface area contributed by atoms with Gasteiger partial charge >= 0.3 is 0 Å². The van der Waals surface area contributed by atoms with Gasteiger partial charge in [0.15, 0.2) is 0 Å². The fraction of sp³-hybridized carbons (Fsp3) is 0.800. The van der Waals surface area contributed by atoms with Crippen LogP contribution in [0.4, 0.5) is 0 Å². The maximum absolute atomic E-state index is 10.5. The zero-order valence-electron chi connectivity index (χ0n) is 5.00. The number of nitrogens with one attached hydrogen (secondary N) is 1. The van der Waals surface area contributed by atoms with Gasteiger partial charge in [0.25, 0.3) is 0 Å². The lowest BCUT2D eigenvalue weighted by atomic mass is 10.1. The van der Waals surface area contributed by atoms with E-state index in [2.05, 4.69) is 5.32 Å². The molecule has 2 atom stereocenters. The monoisotopic (exact) mass is 130 g/mol. The molecule has 0 aromatic heterocycles. The summed E-state index contributed by atoms with van der Waals surface area (Å²) in [5.41, 5.74) is 5.38. The lowest BCUT2D eigenvalue weighted by molar-refractivity contribution is -0.127. The molecule has 0 saturated carbocycles. The van der Waals surface area contributed by atoms with Gasteiger partial charge in [-0.3, -0.25) is 4.79 Å². The molecule has 1 aliphatic heterocycles. The summed E-state index contributed by atoms with van der Waals surface area (Å²) in [6.07, 6.45) is 0.164. The second-order valence-corrected chi connectivity index (χ2v) is 2.21. The van der Waals surface area contributed by atoms with Crippen molar-refractivity contribution in [3.63, 3.8) is 0 Å². The average molecular weight is 130 g/mol. The van der Waals surface area contributed by atoms with E-state index in [0.717, 1.165) is 0 Å². The predicted octanol–water partition coefficient (Wildman–Crippen LogP) is -1.46. The number of nitrogens with two attached hydrogens (primary N) is 1. The van der Waals surface area contributed by atoms with Crippen molar-refractivity contribution >= 4 is 5.91 Å². The van der Waals surface area contributed by atoms with Gasteiger partial charge in [0.2, 0.25) is 5.91 Å². The van der Waals surface area contributed by atoms with E-state index in [1.165, 1.54) is 0 Å². The standard InChI is InChI=1S/C5H10N2O2/c6-3-1-2-4(8)7-5(3)9/h3,5,9H,1-2,6H2,(H,7,8)/t3?,5-/m0/s1. The molecule has 1 heterocycles. The minimum Gasteiger partial charge on any atom is -0.372 e. The Balaban J connectivity index is 2.44. The summed E-state index contributed by atoms with van der Waals surface area (Å²) in [7, 11) is 0. The highest BCUT2D eigenvalue weighted by Gasteiger charge is 2.22. The van der Waals surface area contributed by atoms with Crippen LogP contribution in [-0.2, 0) is 4.79 Å². The van der Waals surface area contributed by atoms with E-state index >= 15 is 0 Å². The lowest BCUT2D eigenvalue weighted by Crippen LogP contribution is -2.51. The Labute approximate surface area is 53.0 Å². The van der Waals surface area contributed by atoms with Gasteiger partial charge in [0.1, 0.15) is 6.23 Å². The molecular formula is C5H10N2O2. The van der Waals surface area contributed by atoms with Crippen molar-refractivity contribution in [3.05, 3.63) is 0 Å². The molecule has 1 amide bonds. The Bertz CT molecular complexity index is 126. The quantitative estimate of drug-likeness (QED) is 0.375. The number of hydrogen-bond donors (Lipinski definition) is 3. The highest BCUT2D eigenvalue weighted by atomic mass is 16.3. The summed E-state index contributed by atoms with van der Waals surface area (Å²) in [4.78, 5) is 10.5. The van der Waals surface area contributed by atoms with E-state index in [4.69, 9.17) is 10.8 Å². The second kappa shape index (κ2) is 2.33. The van der Waals surface area contributed by atoms with Gasteiger partial charge in [-0.2, -0.15) is 0 Å². The normalized spacial score (nSPS) is 36.0. The van der Waals surface area contributed by atoms with Crippen molar-refractivity contribution in [1.82, 2.24) is 5.32 Å². The van der Waals surface area contributed by atoms with Gasteiger partial charge in [-0.15, -0.1) is 0 Å². The highest BCUT2D eigenvalue weighted by molar-refractivity contribution is 5.77. The summed E-state index contributed by atoms with van der Waals surface area (Å²) in [5.74, 6) is -0.121. The molecule has 4 nitrogen and oxygen atoms in total. The predicted molar refractivity (Wildman–Crippen MR) is 31.4 cm³/mol. The molecule has 0 radical (unpaired) electrons. The minimum absolute atomic E-state index is 0.121. The molecule has 9 heavy (non-hydrogen) atoms. The Hall–Kier alpha value is -0.610. The van der Waals surface area contributed by atoms with Crippen LogP contribution in [0, 0.1) is 0 Å². The zero-order valence-corrected chi connectivity index (χ0v) is 5.00. The Morgan fingerprint density at radius 1 is 1.78 bits per heavy atom. The molecule has 1 fully saturated rings. The molecule has 1 unspecified atom stereocenters. The number of hydrogen-bond acceptors (Lipinski definition) is 3. The van der Waals surface area contributed by atoms with Gasteiger partial charge in [-0.1, -0.05) is 0 Å². The lowest BCUT2D eigenvalue weighted by Gasteiger charge is -2.24. The zero-order chi connectivity index (χ0) is 6.85. The first-order valence-corrected chi connectivity index (χ1v) is 2.93. The van der Waals surface area contributed by atoms with Crippen molar-refractivity contribution < 1.29 is 9.90 Å². The van der Waals surface area contributed by atoms with Gasteiger partial charge < -0.3 is 16.2 Å². The molecule has 0 aromatic rings.